The average molecular weight is 531 g/mol. The van der Waals surface area contributed by atoms with Crippen molar-refractivity contribution in [1.29, 1.82) is 0 Å². The number of nitrogens with zero attached hydrogens (tertiary/aromatic N) is 1. The number of nitrogens with one attached hydrogen (secondary N) is 2. The standard InChI is InChI=1S/C24H32ClN3O2.C5H11NO/c1-5-28(19-9-7-6-8-10-19)22-13-18(25)12-20(17(22)4)23(29)26-14-21-15(2)11-16(3)27-24(21)30;6-5-1-3-7-4-2-5/h11-13,19H,5-10,14H2,1-4H3,(H,26,29)(H,27,30);5H,1-4,6H2. The zero-order valence-electron chi connectivity index (χ0n) is 22.8. The monoisotopic (exact) mass is 530 g/mol. The Hall–Kier alpha value is -2.35. The van der Waals surface area contributed by atoms with E-state index >= 15 is 0 Å². The molecule has 1 saturated carbocycles. The van der Waals surface area contributed by atoms with Gasteiger partial charge in [-0.2, -0.15) is 0 Å². The second kappa shape index (κ2) is 14.0. The lowest BCUT2D eigenvalue weighted by atomic mass is 9.93. The molecule has 0 radical (unpaired) electrons. The quantitative estimate of drug-likeness (QED) is 0.478. The van der Waals surface area contributed by atoms with Crippen molar-refractivity contribution < 1.29 is 9.53 Å². The van der Waals surface area contributed by atoms with Crippen LogP contribution in [0.3, 0.4) is 0 Å². The zero-order valence-corrected chi connectivity index (χ0v) is 23.5. The van der Waals surface area contributed by atoms with Gasteiger partial charge in [-0.15, -0.1) is 0 Å². The molecular formula is C29H43ClN4O3. The van der Waals surface area contributed by atoms with Crippen molar-refractivity contribution in [3.63, 3.8) is 0 Å². The van der Waals surface area contributed by atoms with E-state index in [9.17, 15) is 9.59 Å². The highest BCUT2D eigenvalue weighted by molar-refractivity contribution is 6.31. The molecular weight excluding hydrogens is 488 g/mol. The van der Waals surface area contributed by atoms with Crippen molar-refractivity contribution in [1.82, 2.24) is 10.3 Å². The van der Waals surface area contributed by atoms with Gasteiger partial charge in [-0.1, -0.05) is 30.9 Å². The maximum atomic E-state index is 13.0. The fourth-order valence-corrected chi connectivity index (χ4v) is 5.51. The number of rotatable bonds is 6. The van der Waals surface area contributed by atoms with E-state index in [2.05, 4.69) is 22.1 Å². The second-order valence-electron chi connectivity index (χ2n) is 10.3. The minimum atomic E-state index is -0.213. The molecule has 1 aromatic heterocycles. The topological polar surface area (TPSA) is 100 Å². The first-order valence-electron chi connectivity index (χ1n) is 13.6. The lowest BCUT2D eigenvalue weighted by molar-refractivity contribution is 0.0866. The van der Waals surface area contributed by atoms with E-state index in [4.69, 9.17) is 22.1 Å². The summed E-state index contributed by atoms with van der Waals surface area (Å²) in [6.07, 6.45) is 8.23. The van der Waals surface area contributed by atoms with Gasteiger partial charge in [0.25, 0.3) is 11.5 Å². The third-order valence-electron chi connectivity index (χ3n) is 7.44. The van der Waals surface area contributed by atoms with Crippen molar-refractivity contribution in [2.75, 3.05) is 24.7 Å². The first kappa shape index (κ1) is 29.2. The molecule has 2 heterocycles. The molecule has 2 aliphatic rings. The summed E-state index contributed by atoms with van der Waals surface area (Å²) in [4.78, 5) is 30.5. The largest absolute Gasteiger partial charge is 0.381 e. The van der Waals surface area contributed by atoms with Gasteiger partial charge in [0.05, 0.1) is 0 Å². The Kier molecular flexibility index (Phi) is 11.0. The number of aryl methyl sites for hydroxylation is 2. The van der Waals surface area contributed by atoms with E-state index in [1.165, 1.54) is 32.1 Å². The maximum Gasteiger partial charge on any atom is 0.253 e. The number of carbonyl (C=O) groups excluding carboxylic acids is 1. The summed E-state index contributed by atoms with van der Waals surface area (Å²) in [5, 5.41) is 3.47. The van der Waals surface area contributed by atoms with Crippen molar-refractivity contribution in [2.45, 2.75) is 91.3 Å². The first-order valence-corrected chi connectivity index (χ1v) is 14.0. The molecule has 37 heavy (non-hydrogen) atoms. The van der Waals surface area contributed by atoms with Crippen LogP contribution in [0.15, 0.2) is 23.0 Å². The Balaban J connectivity index is 0.000000468. The summed E-state index contributed by atoms with van der Waals surface area (Å²) >= 11 is 6.43. The minimum Gasteiger partial charge on any atom is -0.381 e. The molecule has 0 spiro atoms. The molecule has 4 rings (SSSR count). The van der Waals surface area contributed by atoms with Crippen LogP contribution in [0.4, 0.5) is 5.69 Å². The molecule has 1 aliphatic heterocycles. The maximum absolute atomic E-state index is 13.0. The third-order valence-corrected chi connectivity index (χ3v) is 7.66. The molecule has 204 valence electrons. The predicted molar refractivity (Wildman–Crippen MR) is 152 cm³/mol. The highest BCUT2D eigenvalue weighted by Gasteiger charge is 2.24. The van der Waals surface area contributed by atoms with Crippen molar-refractivity contribution in [2.24, 2.45) is 5.73 Å². The molecule has 7 nitrogen and oxygen atoms in total. The third kappa shape index (κ3) is 8.06. The van der Waals surface area contributed by atoms with Crippen LogP contribution in [0.25, 0.3) is 0 Å². The zero-order chi connectivity index (χ0) is 26.9. The number of amides is 1. The molecule has 0 atom stereocenters. The number of nitrogens with two attached hydrogens (primary N) is 1. The Labute approximate surface area is 226 Å². The van der Waals surface area contributed by atoms with Crippen molar-refractivity contribution >= 4 is 23.2 Å². The Bertz CT molecular complexity index is 1110. The summed E-state index contributed by atoms with van der Waals surface area (Å²) in [6.45, 7) is 10.7. The summed E-state index contributed by atoms with van der Waals surface area (Å²) in [5.74, 6) is -0.213. The number of hydrogen-bond acceptors (Lipinski definition) is 5. The van der Waals surface area contributed by atoms with Crippen molar-refractivity contribution in [3.8, 4) is 0 Å². The smallest absolute Gasteiger partial charge is 0.253 e. The van der Waals surface area contributed by atoms with E-state index in [1.807, 2.05) is 32.9 Å². The van der Waals surface area contributed by atoms with Gasteiger partial charge in [0, 0.05) is 65.9 Å². The van der Waals surface area contributed by atoms with Crippen LogP contribution in [0.1, 0.15) is 84.6 Å². The Morgan fingerprint density at radius 3 is 2.35 bits per heavy atom. The number of aromatic nitrogens is 1. The number of benzene rings is 1. The minimum absolute atomic E-state index is 0.161. The van der Waals surface area contributed by atoms with E-state index in [0.29, 0.717) is 28.2 Å². The summed E-state index contributed by atoms with van der Waals surface area (Å²) in [5.41, 5.74) is 10.2. The van der Waals surface area contributed by atoms with E-state index in [0.717, 1.165) is 55.1 Å². The van der Waals surface area contributed by atoms with Gasteiger partial charge >= 0.3 is 0 Å². The number of pyridine rings is 1. The SMILES string of the molecule is CCN(c1cc(Cl)cc(C(=O)NCc2c(C)cc(C)[nH]c2=O)c1C)C1CCCCC1.NC1CCOCC1. The molecule has 2 fully saturated rings. The van der Waals surface area contributed by atoms with Crippen LogP contribution in [-0.4, -0.2) is 42.7 Å². The van der Waals surface area contributed by atoms with Gasteiger partial charge in [0.15, 0.2) is 0 Å². The number of aromatic amines is 1. The summed E-state index contributed by atoms with van der Waals surface area (Å²) in [6, 6.07) is 6.51. The summed E-state index contributed by atoms with van der Waals surface area (Å²) < 4.78 is 5.06. The second-order valence-corrected chi connectivity index (χ2v) is 10.7. The van der Waals surface area contributed by atoms with Gasteiger partial charge in [0.2, 0.25) is 0 Å². The average Bonchev–Trinajstić information content (AvgIpc) is 2.87. The predicted octanol–water partition coefficient (Wildman–Crippen LogP) is 5.17. The van der Waals surface area contributed by atoms with Gasteiger partial charge in [-0.25, -0.2) is 0 Å². The van der Waals surface area contributed by atoms with Crippen LogP contribution in [0.5, 0.6) is 0 Å². The molecule has 1 aliphatic carbocycles. The molecule has 8 heteroatoms. The fraction of sp³-hybridized carbons (Fsp3) is 0.586. The molecule has 0 bridgehead atoms. The number of ether oxygens (including phenoxy) is 1. The molecule has 1 amide bonds. The lowest BCUT2D eigenvalue weighted by Crippen LogP contribution is -2.37. The van der Waals surface area contributed by atoms with E-state index in [-0.39, 0.29) is 18.0 Å². The molecule has 0 unspecified atom stereocenters. The Morgan fingerprint density at radius 2 is 1.78 bits per heavy atom. The van der Waals surface area contributed by atoms with Gasteiger partial charge in [-0.05, 0) is 82.7 Å². The normalized spacial score (nSPS) is 16.6. The Morgan fingerprint density at radius 1 is 1.11 bits per heavy atom. The van der Waals surface area contributed by atoms with Gasteiger partial charge in [-0.3, -0.25) is 9.59 Å². The highest BCUT2D eigenvalue weighted by Crippen LogP contribution is 2.33. The van der Waals surface area contributed by atoms with Gasteiger partial charge < -0.3 is 25.7 Å². The van der Waals surface area contributed by atoms with E-state index < -0.39 is 0 Å². The molecule has 1 saturated heterocycles. The molecule has 4 N–H and O–H groups in total. The number of anilines is 1. The van der Waals surface area contributed by atoms with Crippen LogP contribution in [0.2, 0.25) is 5.02 Å². The number of hydrogen-bond donors (Lipinski definition) is 3. The van der Waals surface area contributed by atoms with Crippen LogP contribution < -0.4 is 21.5 Å². The highest BCUT2D eigenvalue weighted by atomic mass is 35.5. The van der Waals surface area contributed by atoms with Crippen LogP contribution in [0, 0.1) is 20.8 Å². The number of H-pyrrole nitrogens is 1. The summed E-state index contributed by atoms with van der Waals surface area (Å²) in [7, 11) is 0. The first-order chi connectivity index (χ1) is 17.7. The number of carbonyl (C=O) groups is 1. The molecule has 2 aromatic rings. The van der Waals surface area contributed by atoms with Crippen LogP contribution in [-0.2, 0) is 11.3 Å². The van der Waals surface area contributed by atoms with Crippen molar-refractivity contribution in [3.05, 3.63) is 61.5 Å². The van der Waals surface area contributed by atoms with Crippen LogP contribution >= 0.6 is 11.6 Å². The fourth-order valence-electron chi connectivity index (χ4n) is 5.30. The van der Waals surface area contributed by atoms with E-state index in [1.54, 1.807) is 6.07 Å². The molecule has 1 aromatic carbocycles. The lowest BCUT2D eigenvalue weighted by Gasteiger charge is -2.36. The van der Waals surface area contributed by atoms with Gasteiger partial charge in [0.1, 0.15) is 0 Å². The number of halogens is 1.